The molecule has 2 heterocycles. The predicted octanol–water partition coefficient (Wildman–Crippen LogP) is 3.44. The van der Waals surface area contributed by atoms with Gasteiger partial charge in [0.05, 0.1) is 0 Å². The fourth-order valence-corrected chi connectivity index (χ4v) is 2.65. The van der Waals surface area contributed by atoms with Crippen molar-refractivity contribution in [3.63, 3.8) is 0 Å². The Morgan fingerprint density at radius 1 is 1.16 bits per heavy atom. The van der Waals surface area contributed by atoms with E-state index in [4.69, 9.17) is 0 Å². The normalized spacial score (nSPS) is 10.2. The maximum absolute atomic E-state index is 4.58. The minimum atomic E-state index is 0. The molecule has 19 heavy (non-hydrogen) atoms. The van der Waals surface area contributed by atoms with Crippen LogP contribution in [0.2, 0.25) is 0 Å². The zero-order valence-electron chi connectivity index (χ0n) is 10.5. The number of hydrogen-bond donors (Lipinski definition) is 0. The second-order valence-corrected chi connectivity index (χ2v) is 5.08. The van der Waals surface area contributed by atoms with E-state index < -0.39 is 0 Å². The van der Waals surface area contributed by atoms with Crippen molar-refractivity contribution in [2.45, 2.75) is 13.8 Å². The van der Waals surface area contributed by atoms with Gasteiger partial charge in [0.2, 0.25) is 0 Å². The number of benzene rings is 1. The summed E-state index contributed by atoms with van der Waals surface area (Å²) in [7, 11) is 0. The summed E-state index contributed by atoms with van der Waals surface area (Å²) in [6.45, 7) is 4.19. The van der Waals surface area contributed by atoms with Crippen molar-refractivity contribution < 1.29 is 20.1 Å². The zero-order chi connectivity index (χ0) is 12.5. The molecule has 2 aromatic heterocycles. The van der Waals surface area contributed by atoms with Gasteiger partial charge in [-0.15, -0.1) is 11.3 Å². The summed E-state index contributed by atoms with van der Waals surface area (Å²) in [5, 5.41) is 2.80. The van der Waals surface area contributed by atoms with Crippen molar-refractivity contribution in [1.29, 1.82) is 0 Å². The van der Waals surface area contributed by atoms with Crippen LogP contribution < -0.4 is 4.98 Å². The van der Waals surface area contributed by atoms with Crippen LogP contribution in [0.3, 0.4) is 0 Å². The summed E-state index contributed by atoms with van der Waals surface area (Å²) in [5.41, 5.74) is 4.55. The van der Waals surface area contributed by atoms with Crippen LogP contribution in [-0.4, -0.2) is 9.97 Å². The summed E-state index contributed by atoms with van der Waals surface area (Å²) in [5.74, 6) is 0.711. The van der Waals surface area contributed by atoms with Crippen LogP contribution in [-0.2, 0) is 20.1 Å². The molecule has 1 aromatic carbocycles. The molecule has 3 aromatic rings. The molecule has 0 saturated carbocycles. The van der Waals surface area contributed by atoms with E-state index in [1.54, 1.807) is 17.5 Å². The van der Waals surface area contributed by atoms with Crippen LogP contribution in [0.1, 0.15) is 11.1 Å². The van der Waals surface area contributed by atoms with Crippen LogP contribution in [0.15, 0.2) is 36.0 Å². The molecular weight excluding hydrogens is 434 g/mol. The summed E-state index contributed by atoms with van der Waals surface area (Å²) in [4.78, 5) is 13.2. The summed E-state index contributed by atoms with van der Waals surface area (Å²) in [6, 6.07) is 6.26. The zero-order valence-corrected chi connectivity index (χ0v) is 13.8. The molecule has 0 atom stereocenters. The van der Waals surface area contributed by atoms with E-state index in [0.717, 1.165) is 10.7 Å². The second-order valence-electron chi connectivity index (χ2n) is 4.18. The minimum Gasteiger partial charge on any atom is -0.440 e. The van der Waals surface area contributed by atoms with Crippen LogP contribution in [0, 0.1) is 13.8 Å². The van der Waals surface area contributed by atoms with Crippen molar-refractivity contribution in [2.75, 3.05) is 0 Å². The average Bonchev–Trinajstić information content (AvgIpc) is 2.99. The Kier molecular flexibility index (Phi) is 4.30. The minimum absolute atomic E-state index is 0. The van der Waals surface area contributed by atoms with Crippen molar-refractivity contribution >= 4 is 11.3 Å². The first-order valence-corrected chi connectivity index (χ1v) is 6.60. The van der Waals surface area contributed by atoms with E-state index in [-0.39, 0.29) is 20.1 Å². The van der Waals surface area contributed by atoms with Gasteiger partial charge < -0.3 is 9.97 Å². The Balaban J connectivity index is 0.00000133. The molecule has 0 spiro atoms. The standard InChI is InChI=1S/C14H12N3S.Ir/c1-9-4-3-5-10(2)12(9)11-8-16-13(17-11)14-15-6-7-18-14;/h3-8H,1-2H3;/q-1;. The van der Waals surface area contributed by atoms with Crippen LogP contribution >= 0.6 is 11.3 Å². The number of hydrogen-bond acceptors (Lipinski definition) is 3. The Hall–Kier alpha value is -1.29. The van der Waals surface area contributed by atoms with Gasteiger partial charge in [0.1, 0.15) is 5.01 Å². The third-order valence-electron chi connectivity index (χ3n) is 2.90. The Morgan fingerprint density at radius 2 is 1.89 bits per heavy atom. The molecule has 0 aliphatic carbocycles. The van der Waals surface area contributed by atoms with E-state index in [0.29, 0.717) is 5.82 Å². The third-order valence-corrected chi connectivity index (χ3v) is 3.67. The van der Waals surface area contributed by atoms with Gasteiger partial charge in [-0.1, -0.05) is 24.4 Å². The molecule has 3 rings (SSSR count). The average molecular weight is 447 g/mol. The monoisotopic (exact) mass is 447 g/mol. The Bertz CT molecular complexity index is 654. The maximum atomic E-state index is 4.58. The summed E-state index contributed by atoms with van der Waals surface area (Å²) in [6.07, 6.45) is 3.60. The van der Waals surface area contributed by atoms with Crippen molar-refractivity contribution in [3.05, 3.63) is 47.1 Å². The van der Waals surface area contributed by atoms with Gasteiger partial charge in [0.25, 0.3) is 0 Å². The Labute approximate surface area is 129 Å². The van der Waals surface area contributed by atoms with E-state index >= 15 is 0 Å². The van der Waals surface area contributed by atoms with Gasteiger partial charge in [-0.25, -0.2) is 4.98 Å². The third kappa shape index (κ3) is 2.68. The Morgan fingerprint density at radius 3 is 2.53 bits per heavy atom. The molecule has 99 valence electrons. The fourth-order valence-electron chi connectivity index (χ4n) is 2.07. The second kappa shape index (κ2) is 5.78. The summed E-state index contributed by atoms with van der Waals surface area (Å²) < 4.78 is 0. The SMILES string of the molecule is Cc1cccc(C)c1-c1c[n-]c(-c2nccs2)n1.[Ir]. The number of rotatable bonds is 2. The molecule has 0 bridgehead atoms. The number of aryl methyl sites for hydroxylation is 2. The van der Waals surface area contributed by atoms with Crippen LogP contribution in [0.25, 0.3) is 22.1 Å². The van der Waals surface area contributed by atoms with Crippen molar-refractivity contribution in [2.24, 2.45) is 0 Å². The first kappa shape index (κ1) is 14.1. The molecule has 3 nitrogen and oxygen atoms in total. The fraction of sp³-hybridized carbons (Fsp3) is 0.143. The molecule has 0 aliphatic rings. The molecule has 0 N–H and O–H groups in total. The first-order chi connectivity index (χ1) is 8.75. The largest absolute Gasteiger partial charge is 0.440 e. The number of imidazole rings is 1. The first-order valence-electron chi connectivity index (χ1n) is 5.72. The summed E-state index contributed by atoms with van der Waals surface area (Å²) >= 11 is 1.56. The van der Waals surface area contributed by atoms with Crippen LogP contribution in [0.5, 0.6) is 0 Å². The molecule has 0 unspecified atom stereocenters. The van der Waals surface area contributed by atoms with E-state index in [1.807, 2.05) is 11.6 Å². The van der Waals surface area contributed by atoms with Gasteiger partial charge in [0, 0.05) is 31.7 Å². The quantitative estimate of drug-likeness (QED) is 0.606. The van der Waals surface area contributed by atoms with Gasteiger partial charge in [0.15, 0.2) is 0 Å². The number of thiazole rings is 1. The van der Waals surface area contributed by atoms with Gasteiger partial charge >= 0.3 is 0 Å². The van der Waals surface area contributed by atoms with E-state index in [9.17, 15) is 0 Å². The molecular formula is C14H12IrN3S-. The molecule has 1 radical (unpaired) electrons. The van der Waals surface area contributed by atoms with Crippen molar-refractivity contribution in [1.82, 2.24) is 15.0 Å². The van der Waals surface area contributed by atoms with E-state index in [2.05, 4.69) is 47.0 Å². The molecule has 0 saturated heterocycles. The maximum Gasteiger partial charge on any atom is 0.115 e. The number of aromatic nitrogens is 3. The molecule has 0 amide bonds. The van der Waals surface area contributed by atoms with Gasteiger partial charge in [-0.2, -0.15) is 0 Å². The predicted molar refractivity (Wildman–Crippen MR) is 73.6 cm³/mol. The molecule has 5 heteroatoms. The topological polar surface area (TPSA) is 39.9 Å². The van der Waals surface area contributed by atoms with Gasteiger partial charge in [-0.3, -0.25) is 0 Å². The van der Waals surface area contributed by atoms with E-state index in [1.165, 1.54) is 16.7 Å². The van der Waals surface area contributed by atoms with Gasteiger partial charge in [-0.05, 0) is 42.1 Å². The van der Waals surface area contributed by atoms with Crippen molar-refractivity contribution in [3.8, 4) is 22.1 Å². The molecule has 0 fully saturated rings. The number of nitrogens with zero attached hydrogens (tertiary/aromatic N) is 3. The molecule has 0 aliphatic heterocycles. The van der Waals surface area contributed by atoms with Crippen LogP contribution in [0.4, 0.5) is 0 Å². The smallest absolute Gasteiger partial charge is 0.115 e.